The highest BCUT2D eigenvalue weighted by Crippen LogP contribution is 2.20. The summed E-state index contributed by atoms with van der Waals surface area (Å²) in [6.45, 7) is 0. The highest BCUT2D eigenvalue weighted by Gasteiger charge is 2.24. The van der Waals surface area contributed by atoms with Gasteiger partial charge in [-0.1, -0.05) is 84.9 Å². The molecule has 142 valence electrons. The standard InChI is InChI=1S/C23H22N2O3/c24-22(27)20(25-23(28)21(26)19-9-5-2-6-10-19)15-16-11-13-18(14-12-16)17-7-3-1-4-8-17/h1-14,20-21,26H,15H2,(H2,24,27)(H,25,28)/t20-,21-/m0/s1. The zero-order chi connectivity index (χ0) is 19.9. The second-order valence-electron chi connectivity index (χ2n) is 6.54. The molecule has 0 radical (unpaired) electrons. The molecule has 0 heterocycles. The molecule has 0 spiro atoms. The highest BCUT2D eigenvalue weighted by atomic mass is 16.3. The number of carbonyl (C=O) groups excluding carboxylic acids is 2. The van der Waals surface area contributed by atoms with E-state index < -0.39 is 24.0 Å². The number of hydrogen-bond donors (Lipinski definition) is 3. The van der Waals surface area contributed by atoms with Crippen LogP contribution in [0.15, 0.2) is 84.9 Å². The summed E-state index contributed by atoms with van der Waals surface area (Å²) in [4.78, 5) is 24.1. The van der Waals surface area contributed by atoms with Crippen molar-refractivity contribution in [3.8, 4) is 11.1 Å². The number of nitrogens with one attached hydrogen (secondary N) is 1. The monoisotopic (exact) mass is 374 g/mol. The number of aliphatic hydroxyl groups excluding tert-OH is 1. The molecule has 28 heavy (non-hydrogen) atoms. The normalized spacial score (nSPS) is 12.8. The summed E-state index contributed by atoms with van der Waals surface area (Å²) in [5.41, 5.74) is 8.93. The molecule has 0 saturated heterocycles. The molecule has 3 rings (SSSR count). The Bertz CT molecular complexity index is 925. The lowest BCUT2D eigenvalue weighted by Gasteiger charge is -2.18. The number of amides is 2. The van der Waals surface area contributed by atoms with E-state index >= 15 is 0 Å². The Morgan fingerprint density at radius 3 is 1.93 bits per heavy atom. The Morgan fingerprint density at radius 1 is 0.821 bits per heavy atom. The Kier molecular flexibility index (Phi) is 6.19. The van der Waals surface area contributed by atoms with Crippen molar-refractivity contribution in [1.82, 2.24) is 5.32 Å². The van der Waals surface area contributed by atoms with Crippen molar-refractivity contribution in [2.75, 3.05) is 0 Å². The Morgan fingerprint density at radius 2 is 1.36 bits per heavy atom. The molecule has 5 heteroatoms. The van der Waals surface area contributed by atoms with Crippen LogP contribution >= 0.6 is 0 Å². The molecule has 0 saturated carbocycles. The Labute approximate surface area is 163 Å². The molecule has 0 unspecified atom stereocenters. The third-order valence-corrected chi connectivity index (χ3v) is 4.52. The minimum Gasteiger partial charge on any atom is -0.378 e. The van der Waals surface area contributed by atoms with Crippen LogP contribution in [0.25, 0.3) is 11.1 Å². The lowest BCUT2D eigenvalue weighted by molar-refractivity contribution is -0.133. The molecule has 0 aliphatic rings. The van der Waals surface area contributed by atoms with Crippen molar-refractivity contribution in [3.63, 3.8) is 0 Å². The molecule has 3 aromatic rings. The lowest BCUT2D eigenvalue weighted by atomic mass is 10.00. The number of aliphatic hydroxyl groups is 1. The van der Waals surface area contributed by atoms with E-state index in [1.54, 1.807) is 30.3 Å². The molecule has 0 aliphatic heterocycles. The first-order valence-electron chi connectivity index (χ1n) is 9.01. The van der Waals surface area contributed by atoms with Gasteiger partial charge < -0.3 is 16.2 Å². The topological polar surface area (TPSA) is 92.4 Å². The van der Waals surface area contributed by atoms with Gasteiger partial charge in [-0.3, -0.25) is 9.59 Å². The second-order valence-corrected chi connectivity index (χ2v) is 6.54. The fraction of sp³-hybridized carbons (Fsp3) is 0.130. The first-order chi connectivity index (χ1) is 13.5. The summed E-state index contributed by atoms with van der Waals surface area (Å²) in [5.74, 6) is -1.31. The summed E-state index contributed by atoms with van der Waals surface area (Å²) in [6.07, 6.45) is -1.11. The van der Waals surface area contributed by atoms with Gasteiger partial charge in [0.1, 0.15) is 6.04 Å². The van der Waals surface area contributed by atoms with Crippen LogP contribution in [-0.2, 0) is 16.0 Å². The van der Waals surface area contributed by atoms with Gasteiger partial charge >= 0.3 is 0 Å². The highest BCUT2D eigenvalue weighted by molar-refractivity contribution is 5.89. The van der Waals surface area contributed by atoms with Crippen molar-refractivity contribution >= 4 is 11.8 Å². The lowest BCUT2D eigenvalue weighted by Crippen LogP contribution is -2.47. The van der Waals surface area contributed by atoms with Gasteiger partial charge in [-0.25, -0.2) is 0 Å². The first kappa shape index (κ1) is 19.3. The van der Waals surface area contributed by atoms with Gasteiger partial charge in [-0.2, -0.15) is 0 Å². The molecule has 2 amide bonds. The zero-order valence-electron chi connectivity index (χ0n) is 15.3. The maximum atomic E-state index is 12.3. The summed E-state index contributed by atoms with van der Waals surface area (Å²) < 4.78 is 0. The molecule has 0 bridgehead atoms. The fourth-order valence-electron chi connectivity index (χ4n) is 2.96. The molecule has 2 atom stereocenters. The smallest absolute Gasteiger partial charge is 0.254 e. The van der Waals surface area contributed by atoms with Gasteiger partial charge in [-0.05, 0) is 22.3 Å². The SMILES string of the molecule is NC(=O)[C@H](Cc1ccc(-c2ccccc2)cc1)NC(=O)[C@@H](O)c1ccccc1. The van der Waals surface area contributed by atoms with E-state index in [2.05, 4.69) is 5.32 Å². The van der Waals surface area contributed by atoms with Crippen LogP contribution < -0.4 is 11.1 Å². The zero-order valence-corrected chi connectivity index (χ0v) is 15.3. The Hall–Kier alpha value is -3.44. The largest absolute Gasteiger partial charge is 0.378 e. The minimum absolute atomic E-state index is 0.248. The van der Waals surface area contributed by atoms with Crippen LogP contribution in [0.4, 0.5) is 0 Å². The van der Waals surface area contributed by atoms with Crippen LogP contribution in [0.2, 0.25) is 0 Å². The van der Waals surface area contributed by atoms with E-state index in [4.69, 9.17) is 5.73 Å². The summed E-state index contributed by atoms with van der Waals surface area (Å²) in [7, 11) is 0. The van der Waals surface area contributed by atoms with E-state index in [9.17, 15) is 14.7 Å². The van der Waals surface area contributed by atoms with Crippen molar-refractivity contribution in [2.45, 2.75) is 18.6 Å². The van der Waals surface area contributed by atoms with Crippen molar-refractivity contribution in [1.29, 1.82) is 0 Å². The number of benzene rings is 3. The maximum Gasteiger partial charge on any atom is 0.254 e. The molecule has 5 nitrogen and oxygen atoms in total. The van der Waals surface area contributed by atoms with E-state index in [1.807, 2.05) is 54.6 Å². The maximum absolute atomic E-state index is 12.3. The van der Waals surface area contributed by atoms with Gasteiger partial charge in [0, 0.05) is 6.42 Å². The predicted molar refractivity (Wildman–Crippen MR) is 108 cm³/mol. The van der Waals surface area contributed by atoms with Crippen LogP contribution in [-0.4, -0.2) is 23.0 Å². The van der Waals surface area contributed by atoms with Crippen LogP contribution in [0.1, 0.15) is 17.2 Å². The molecular formula is C23H22N2O3. The quantitative estimate of drug-likeness (QED) is 0.593. The Balaban J connectivity index is 1.68. The first-order valence-corrected chi connectivity index (χ1v) is 9.01. The van der Waals surface area contributed by atoms with Crippen LogP contribution in [0, 0.1) is 0 Å². The molecule has 0 fully saturated rings. The number of hydrogen-bond acceptors (Lipinski definition) is 3. The van der Waals surface area contributed by atoms with Crippen molar-refractivity contribution in [2.24, 2.45) is 5.73 Å². The third kappa shape index (κ3) is 4.84. The predicted octanol–water partition coefficient (Wildman–Crippen LogP) is 2.60. The number of nitrogens with two attached hydrogens (primary N) is 1. The summed E-state index contributed by atoms with van der Waals surface area (Å²) in [6, 6.07) is 25.3. The summed E-state index contributed by atoms with van der Waals surface area (Å²) in [5, 5.41) is 12.7. The van der Waals surface area contributed by atoms with Gasteiger partial charge in [0.15, 0.2) is 6.10 Å². The minimum atomic E-state index is -1.36. The summed E-state index contributed by atoms with van der Waals surface area (Å²) >= 11 is 0. The van der Waals surface area contributed by atoms with Gasteiger partial charge in [0.25, 0.3) is 5.91 Å². The van der Waals surface area contributed by atoms with Gasteiger partial charge in [-0.15, -0.1) is 0 Å². The van der Waals surface area contributed by atoms with E-state index in [1.165, 1.54) is 0 Å². The number of carbonyl (C=O) groups is 2. The average Bonchev–Trinajstić information content (AvgIpc) is 2.74. The van der Waals surface area contributed by atoms with E-state index in [0.717, 1.165) is 16.7 Å². The number of rotatable bonds is 7. The molecule has 0 aromatic heterocycles. The van der Waals surface area contributed by atoms with Gasteiger partial charge in [0.2, 0.25) is 5.91 Å². The molecule has 0 aliphatic carbocycles. The van der Waals surface area contributed by atoms with Crippen LogP contribution in [0.3, 0.4) is 0 Å². The third-order valence-electron chi connectivity index (χ3n) is 4.52. The molecule has 4 N–H and O–H groups in total. The molecule has 3 aromatic carbocycles. The number of primary amides is 1. The van der Waals surface area contributed by atoms with Crippen LogP contribution in [0.5, 0.6) is 0 Å². The van der Waals surface area contributed by atoms with Crippen molar-refractivity contribution < 1.29 is 14.7 Å². The van der Waals surface area contributed by atoms with Gasteiger partial charge in [0.05, 0.1) is 0 Å². The van der Waals surface area contributed by atoms with E-state index in [-0.39, 0.29) is 6.42 Å². The molecular weight excluding hydrogens is 352 g/mol. The van der Waals surface area contributed by atoms with E-state index in [0.29, 0.717) is 5.56 Å². The van der Waals surface area contributed by atoms with Crippen molar-refractivity contribution in [3.05, 3.63) is 96.1 Å². The average molecular weight is 374 g/mol. The second kappa shape index (κ2) is 8.97. The fourth-order valence-corrected chi connectivity index (χ4v) is 2.96.